The third kappa shape index (κ3) is 15.9. The largest absolute Gasteiger partial charge is 0.392 e. The number of hydrogen-bond acceptors (Lipinski definition) is 17. The fraction of sp³-hybridized carbons (Fsp3) is 0.458. The molecule has 9 rings (SSSR count). The Bertz CT molecular complexity index is 3090. The van der Waals surface area contributed by atoms with Gasteiger partial charge in [-0.1, -0.05) is 54.6 Å². The SMILES string of the molecule is COCCN1C[C@@H](NC(=O)Nc2c(C)c(-c3cnc(N4CCN(C(=O)CCOCCOCCOCCNC(=O)C[C@@H](c5ccc(-c6scnc6C)cc5)N5CC(O)CC5C(N)=O)CC4)nc3)nn2-c2ccccc2)[C@H](c2cccc(F)c2)C1. The molecular formula is C59H74FN13O9S. The van der Waals surface area contributed by atoms with Crippen molar-refractivity contribution in [2.75, 3.05) is 122 Å². The van der Waals surface area contributed by atoms with Gasteiger partial charge in [-0.3, -0.25) is 29.5 Å². The Morgan fingerprint density at radius 2 is 1.55 bits per heavy atom. The normalized spacial score (nSPS) is 18.8. The molecule has 24 heteroatoms. The van der Waals surface area contributed by atoms with E-state index >= 15 is 0 Å². The van der Waals surface area contributed by atoms with Gasteiger partial charge in [-0.2, -0.15) is 5.10 Å². The standard InChI is InChI=1S/C59H74FN13O9S/c1-39-54(68-73(46-10-5-4-6-11-46)57(39)67-59(78)66-49-37-69(22-25-79-3)36-48(49)43-8-7-9-45(60)30-43)44-33-63-58(64-34-44)71-20-18-70(19-21-71)53(76)16-23-80-26-28-82-29-27-81-24-17-62-52(75)32-50(72-35-47(74)31-51(72)56(61)77)41-12-14-42(15-13-41)55-40(2)65-38-83-55/h4-15,30,33-34,38,47-51,74H,16-29,31-32,35-37H2,1-3H3,(H2,61,77)(H,62,75)(H2,66,67,78)/t47?,48-,49+,50-,51?/m0/s1. The molecule has 0 radical (unpaired) electrons. The van der Waals surface area contributed by atoms with Crippen LogP contribution in [-0.4, -0.2) is 199 Å². The average Bonchev–Trinajstić information content (AvgIpc) is 3.62. The number of halogens is 1. The summed E-state index contributed by atoms with van der Waals surface area (Å²) < 4.78 is 38.4. The number of thiazole rings is 1. The van der Waals surface area contributed by atoms with Crippen LogP contribution in [0, 0.1) is 19.7 Å². The molecule has 442 valence electrons. The van der Waals surface area contributed by atoms with Crippen molar-refractivity contribution in [2.24, 2.45) is 5.73 Å². The van der Waals surface area contributed by atoms with Crippen molar-refractivity contribution in [3.63, 3.8) is 0 Å². The third-order valence-electron chi connectivity index (χ3n) is 15.3. The number of carbonyl (C=O) groups excluding carboxylic acids is 4. The van der Waals surface area contributed by atoms with Crippen LogP contribution in [0.25, 0.3) is 27.4 Å². The van der Waals surface area contributed by atoms with Crippen LogP contribution in [0.2, 0.25) is 0 Å². The molecular weight excluding hydrogens is 1090 g/mol. The summed E-state index contributed by atoms with van der Waals surface area (Å²) in [6, 6.07) is 22.0. The molecule has 3 aliphatic rings. The molecule has 6 heterocycles. The molecule has 5 atom stereocenters. The molecule has 2 unspecified atom stereocenters. The van der Waals surface area contributed by atoms with Gasteiger partial charge in [-0.05, 0) is 61.2 Å². The Labute approximate surface area is 486 Å². The Morgan fingerprint density at radius 3 is 2.24 bits per heavy atom. The molecule has 3 aromatic heterocycles. The van der Waals surface area contributed by atoms with Gasteiger partial charge in [0.1, 0.15) is 17.3 Å². The number of nitrogens with zero attached hydrogens (tertiary/aromatic N) is 9. The van der Waals surface area contributed by atoms with Crippen LogP contribution in [-0.2, 0) is 33.3 Å². The highest BCUT2D eigenvalue weighted by Gasteiger charge is 2.40. The number of ether oxygens (including phenoxy) is 4. The molecule has 3 aromatic carbocycles. The van der Waals surface area contributed by atoms with Crippen molar-refractivity contribution in [3.05, 3.63) is 125 Å². The number of hydrogen-bond donors (Lipinski definition) is 5. The molecule has 0 bridgehead atoms. The quantitative estimate of drug-likeness (QED) is 0.0438. The van der Waals surface area contributed by atoms with Crippen molar-refractivity contribution in [3.8, 4) is 27.4 Å². The summed E-state index contributed by atoms with van der Waals surface area (Å²) in [5, 5.41) is 24.6. The van der Waals surface area contributed by atoms with Crippen LogP contribution < -0.4 is 26.6 Å². The maximum atomic E-state index is 14.4. The van der Waals surface area contributed by atoms with Crippen molar-refractivity contribution in [1.29, 1.82) is 0 Å². The molecule has 3 fully saturated rings. The molecule has 3 aliphatic heterocycles. The molecule has 5 amide bonds. The number of rotatable bonds is 27. The number of aromatic nitrogens is 5. The van der Waals surface area contributed by atoms with E-state index in [9.17, 15) is 28.7 Å². The van der Waals surface area contributed by atoms with Gasteiger partial charge in [0.25, 0.3) is 0 Å². The maximum Gasteiger partial charge on any atom is 0.320 e. The second-order valence-electron chi connectivity index (χ2n) is 20.9. The van der Waals surface area contributed by atoms with Crippen LogP contribution in [0.5, 0.6) is 0 Å². The van der Waals surface area contributed by atoms with Crippen molar-refractivity contribution in [1.82, 2.24) is 50.1 Å². The zero-order valence-electron chi connectivity index (χ0n) is 47.2. The number of benzene rings is 3. The van der Waals surface area contributed by atoms with Gasteiger partial charge < -0.3 is 50.2 Å². The van der Waals surface area contributed by atoms with E-state index in [0.29, 0.717) is 107 Å². The summed E-state index contributed by atoms with van der Waals surface area (Å²) in [6.45, 7) is 10.7. The number of primary amides is 1. The van der Waals surface area contributed by atoms with E-state index in [1.807, 2.05) is 89.2 Å². The van der Waals surface area contributed by atoms with Crippen LogP contribution >= 0.6 is 11.3 Å². The van der Waals surface area contributed by atoms with Gasteiger partial charge in [0.05, 0.1) is 92.6 Å². The van der Waals surface area contributed by atoms with Crippen molar-refractivity contribution < 1.29 is 47.6 Å². The lowest BCUT2D eigenvalue weighted by atomic mass is 9.94. The first-order valence-electron chi connectivity index (χ1n) is 28.1. The van der Waals surface area contributed by atoms with Gasteiger partial charge in [0.2, 0.25) is 23.7 Å². The second-order valence-corrected chi connectivity index (χ2v) is 21.7. The number of nitrogens with two attached hydrogens (primary N) is 1. The summed E-state index contributed by atoms with van der Waals surface area (Å²) in [6.07, 6.45) is 3.23. The zero-order chi connectivity index (χ0) is 58.2. The van der Waals surface area contributed by atoms with E-state index in [0.717, 1.165) is 32.9 Å². The van der Waals surface area contributed by atoms with Crippen LogP contribution in [0.1, 0.15) is 53.6 Å². The van der Waals surface area contributed by atoms with Gasteiger partial charge in [-0.25, -0.2) is 28.8 Å². The number of anilines is 2. The van der Waals surface area contributed by atoms with E-state index in [1.165, 1.54) is 12.1 Å². The van der Waals surface area contributed by atoms with Gasteiger partial charge >= 0.3 is 6.03 Å². The van der Waals surface area contributed by atoms with E-state index in [4.69, 9.17) is 39.7 Å². The average molecular weight is 1160 g/mol. The molecule has 83 heavy (non-hydrogen) atoms. The van der Waals surface area contributed by atoms with E-state index < -0.39 is 30.1 Å². The zero-order valence-corrected chi connectivity index (χ0v) is 48.0. The number of aliphatic hydroxyl groups excluding tert-OH is 1. The first-order valence-corrected chi connectivity index (χ1v) is 29.0. The molecule has 3 saturated heterocycles. The number of nitrogens with one attached hydrogen (secondary N) is 3. The number of urea groups is 1. The fourth-order valence-electron chi connectivity index (χ4n) is 11.0. The smallest absolute Gasteiger partial charge is 0.320 e. The molecule has 6 N–H and O–H groups in total. The minimum Gasteiger partial charge on any atom is -0.392 e. The third-order valence-corrected chi connectivity index (χ3v) is 16.3. The highest BCUT2D eigenvalue weighted by molar-refractivity contribution is 7.13. The van der Waals surface area contributed by atoms with Gasteiger partial charge in [0, 0.05) is 108 Å². The second kappa shape index (κ2) is 29.3. The summed E-state index contributed by atoms with van der Waals surface area (Å²) >= 11 is 1.55. The number of carbonyl (C=O) groups is 4. The Balaban J connectivity index is 0.665. The number of aryl methyl sites for hydroxylation is 1. The number of likely N-dealkylation sites (tertiary alicyclic amines) is 2. The number of para-hydroxylation sites is 1. The van der Waals surface area contributed by atoms with Crippen LogP contribution in [0.15, 0.2) is 96.8 Å². The Morgan fingerprint density at radius 1 is 0.831 bits per heavy atom. The summed E-state index contributed by atoms with van der Waals surface area (Å²) in [7, 11) is 1.65. The minimum absolute atomic E-state index is 0.000298. The molecule has 22 nitrogen and oxygen atoms in total. The number of aliphatic hydroxyl groups is 1. The molecule has 0 spiro atoms. The van der Waals surface area contributed by atoms with E-state index in [2.05, 4.69) is 25.8 Å². The lowest BCUT2D eigenvalue weighted by molar-refractivity contribution is -0.132. The molecule has 6 aromatic rings. The first kappa shape index (κ1) is 60.3. The number of β-amino-alcohol motifs (C(OH)–C–C–N with tert-alkyl or cyclic N) is 1. The number of methoxy groups -OCH3 is 1. The van der Waals surface area contributed by atoms with Crippen LogP contribution in [0.4, 0.5) is 21.0 Å². The highest BCUT2D eigenvalue weighted by atomic mass is 32.1. The predicted octanol–water partition coefficient (Wildman–Crippen LogP) is 4.70. The fourth-order valence-corrected chi connectivity index (χ4v) is 11.8. The van der Waals surface area contributed by atoms with E-state index in [-0.39, 0.29) is 75.2 Å². The van der Waals surface area contributed by atoms with Gasteiger partial charge in [-0.15, -0.1) is 11.3 Å². The molecule has 0 saturated carbocycles. The summed E-state index contributed by atoms with van der Waals surface area (Å²) in [4.78, 5) is 75.3. The first-order chi connectivity index (χ1) is 40.3. The number of piperazine rings is 1. The molecule has 0 aliphatic carbocycles. The Kier molecular flexibility index (Phi) is 21.3. The predicted molar refractivity (Wildman–Crippen MR) is 312 cm³/mol. The van der Waals surface area contributed by atoms with Crippen LogP contribution in [0.3, 0.4) is 0 Å². The monoisotopic (exact) mass is 1160 g/mol. The minimum atomic E-state index is -0.726. The maximum absolute atomic E-state index is 14.4. The van der Waals surface area contributed by atoms with Gasteiger partial charge in [0.15, 0.2) is 0 Å². The highest BCUT2D eigenvalue weighted by Crippen LogP contribution is 2.36. The van der Waals surface area contributed by atoms with Crippen molar-refractivity contribution >= 4 is 46.9 Å². The lowest BCUT2D eigenvalue weighted by Crippen LogP contribution is -2.49. The van der Waals surface area contributed by atoms with E-state index in [1.54, 1.807) is 47.1 Å². The lowest BCUT2D eigenvalue weighted by Gasteiger charge is -2.34. The Hall–Kier alpha value is -7.29. The summed E-state index contributed by atoms with van der Waals surface area (Å²) in [5.41, 5.74) is 13.9. The summed E-state index contributed by atoms with van der Waals surface area (Å²) in [5.74, 6) is -0.197. The topological polar surface area (TPSA) is 257 Å². The van der Waals surface area contributed by atoms with Crippen molar-refractivity contribution in [2.45, 2.75) is 63.3 Å². The number of amides is 5.